The van der Waals surface area contributed by atoms with E-state index in [1.165, 1.54) is 0 Å². The SMILES string of the molecule is O=S(=O)(Cc1ccc(Cl)c(Cl)c1)NCCc1ccccc1. The summed E-state index contributed by atoms with van der Waals surface area (Å²) in [5, 5.41) is 0.767. The Balaban J connectivity index is 1.91. The molecule has 0 heterocycles. The van der Waals surface area contributed by atoms with E-state index < -0.39 is 10.0 Å². The van der Waals surface area contributed by atoms with Crippen molar-refractivity contribution in [2.24, 2.45) is 0 Å². The molecule has 0 aliphatic carbocycles. The number of hydrogen-bond donors (Lipinski definition) is 1. The summed E-state index contributed by atoms with van der Waals surface area (Å²) in [5.41, 5.74) is 1.70. The van der Waals surface area contributed by atoms with Crippen molar-refractivity contribution in [1.29, 1.82) is 0 Å². The normalized spacial score (nSPS) is 11.5. The van der Waals surface area contributed by atoms with Gasteiger partial charge in [0.1, 0.15) is 0 Å². The molecule has 2 aromatic carbocycles. The molecule has 0 bridgehead atoms. The first kappa shape index (κ1) is 16.3. The van der Waals surface area contributed by atoms with Gasteiger partial charge >= 0.3 is 0 Å². The van der Waals surface area contributed by atoms with Gasteiger partial charge < -0.3 is 0 Å². The lowest BCUT2D eigenvalue weighted by Gasteiger charge is -2.07. The zero-order chi connectivity index (χ0) is 15.3. The molecule has 2 aromatic rings. The van der Waals surface area contributed by atoms with Crippen LogP contribution in [-0.4, -0.2) is 15.0 Å². The number of halogens is 2. The van der Waals surface area contributed by atoms with E-state index in [4.69, 9.17) is 23.2 Å². The Bertz CT molecular complexity index is 703. The van der Waals surface area contributed by atoms with Crippen molar-refractivity contribution in [2.45, 2.75) is 12.2 Å². The number of hydrogen-bond acceptors (Lipinski definition) is 2. The first-order valence-corrected chi connectivity index (χ1v) is 8.82. The van der Waals surface area contributed by atoms with Crippen LogP contribution in [0.1, 0.15) is 11.1 Å². The summed E-state index contributed by atoms with van der Waals surface area (Å²) in [6.45, 7) is 0.369. The highest BCUT2D eigenvalue weighted by atomic mass is 35.5. The van der Waals surface area contributed by atoms with Crippen LogP contribution in [-0.2, 0) is 22.2 Å². The van der Waals surface area contributed by atoms with Crippen LogP contribution in [0.5, 0.6) is 0 Å². The van der Waals surface area contributed by atoms with Crippen LogP contribution in [0.2, 0.25) is 10.0 Å². The van der Waals surface area contributed by atoms with E-state index in [0.29, 0.717) is 28.6 Å². The van der Waals surface area contributed by atoms with E-state index in [1.54, 1.807) is 18.2 Å². The van der Waals surface area contributed by atoms with Gasteiger partial charge in [0.05, 0.1) is 15.8 Å². The molecule has 0 saturated carbocycles. The van der Waals surface area contributed by atoms with Crippen LogP contribution in [0.3, 0.4) is 0 Å². The van der Waals surface area contributed by atoms with E-state index in [9.17, 15) is 8.42 Å². The minimum absolute atomic E-state index is 0.112. The Morgan fingerprint density at radius 2 is 1.62 bits per heavy atom. The third-order valence-electron chi connectivity index (χ3n) is 2.92. The van der Waals surface area contributed by atoms with Crippen molar-refractivity contribution < 1.29 is 8.42 Å². The highest BCUT2D eigenvalue weighted by molar-refractivity contribution is 7.88. The van der Waals surface area contributed by atoms with Gasteiger partial charge in [-0.15, -0.1) is 0 Å². The lowest BCUT2D eigenvalue weighted by molar-refractivity contribution is 0.581. The molecular formula is C15H15Cl2NO2S. The molecule has 0 aromatic heterocycles. The second-order valence-electron chi connectivity index (χ2n) is 4.64. The molecule has 0 radical (unpaired) electrons. The maximum Gasteiger partial charge on any atom is 0.215 e. The Morgan fingerprint density at radius 3 is 2.29 bits per heavy atom. The number of sulfonamides is 1. The molecule has 0 amide bonds. The minimum Gasteiger partial charge on any atom is -0.215 e. The molecule has 0 atom stereocenters. The molecule has 112 valence electrons. The first-order chi connectivity index (χ1) is 9.96. The smallest absolute Gasteiger partial charge is 0.215 e. The Morgan fingerprint density at radius 1 is 0.905 bits per heavy atom. The van der Waals surface area contributed by atoms with Crippen molar-refractivity contribution >= 4 is 33.2 Å². The Kier molecular flexibility index (Phi) is 5.65. The van der Waals surface area contributed by atoms with Gasteiger partial charge in [-0.1, -0.05) is 59.6 Å². The minimum atomic E-state index is -3.39. The van der Waals surface area contributed by atoms with Gasteiger partial charge in [0, 0.05) is 6.54 Å². The average Bonchev–Trinajstić information content (AvgIpc) is 2.43. The van der Waals surface area contributed by atoms with E-state index in [2.05, 4.69) is 4.72 Å². The van der Waals surface area contributed by atoms with Crippen LogP contribution >= 0.6 is 23.2 Å². The summed E-state index contributed by atoms with van der Waals surface area (Å²) in [6, 6.07) is 14.5. The molecule has 2 rings (SSSR count). The van der Waals surface area contributed by atoms with Crippen LogP contribution in [0.25, 0.3) is 0 Å². The predicted molar refractivity (Wildman–Crippen MR) is 87.2 cm³/mol. The van der Waals surface area contributed by atoms with Crippen LogP contribution in [0.15, 0.2) is 48.5 Å². The molecule has 0 aliphatic rings. The summed E-state index contributed by atoms with van der Waals surface area (Å²) in [6.07, 6.45) is 0.654. The van der Waals surface area contributed by atoms with Crippen molar-refractivity contribution in [1.82, 2.24) is 4.72 Å². The quantitative estimate of drug-likeness (QED) is 0.869. The van der Waals surface area contributed by atoms with Gasteiger partial charge in [-0.25, -0.2) is 13.1 Å². The third-order valence-corrected chi connectivity index (χ3v) is 5.02. The first-order valence-electron chi connectivity index (χ1n) is 6.41. The molecule has 0 fully saturated rings. The zero-order valence-corrected chi connectivity index (χ0v) is 13.5. The second kappa shape index (κ2) is 7.27. The van der Waals surface area contributed by atoms with E-state index in [0.717, 1.165) is 5.56 Å². The molecule has 0 spiro atoms. The molecule has 0 unspecified atom stereocenters. The van der Waals surface area contributed by atoms with Crippen LogP contribution in [0, 0.1) is 0 Å². The molecule has 3 nitrogen and oxygen atoms in total. The highest BCUT2D eigenvalue weighted by Crippen LogP contribution is 2.23. The Hall–Kier alpha value is -1.07. The third kappa shape index (κ3) is 5.32. The Labute approximate surface area is 135 Å². The molecular weight excluding hydrogens is 329 g/mol. The molecule has 6 heteroatoms. The van der Waals surface area contributed by atoms with Gasteiger partial charge in [0.2, 0.25) is 10.0 Å². The fourth-order valence-corrected chi connectivity index (χ4v) is 3.35. The van der Waals surface area contributed by atoms with Gasteiger partial charge in [0.15, 0.2) is 0 Å². The van der Waals surface area contributed by atoms with Crippen molar-refractivity contribution in [3.63, 3.8) is 0 Å². The summed E-state index contributed by atoms with van der Waals surface area (Å²) >= 11 is 11.7. The standard InChI is InChI=1S/C15H15Cl2NO2S/c16-14-7-6-13(10-15(14)17)11-21(19,20)18-9-8-12-4-2-1-3-5-12/h1-7,10,18H,8-9,11H2. The van der Waals surface area contributed by atoms with Crippen LogP contribution < -0.4 is 4.72 Å². The number of nitrogens with one attached hydrogen (secondary N) is 1. The maximum atomic E-state index is 12.0. The maximum absolute atomic E-state index is 12.0. The highest BCUT2D eigenvalue weighted by Gasteiger charge is 2.12. The van der Waals surface area contributed by atoms with Crippen molar-refractivity contribution in [3.8, 4) is 0 Å². The summed E-state index contributed by atoms with van der Waals surface area (Å²) in [5.74, 6) is -0.112. The monoisotopic (exact) mass is 343 g/mol. The molecule has 0 aliphatic heterocycles. The fourth-order valence-electron chi connectivity index (χ4n) is 1.90. The van der Waals surface area contributed by atoms with Gasteiger partial charge in [-0.05, 0) is 29.7 Å². The zero-order valence-electron chi connectivity index (χ0n) is 11.2. The largest absolute Gasteiger partial charge is 0.215 e. The van der Waals surface area contributed by atoms with Gasteiger partial charge in [-0.2, -0.15) is 0 Å². The van der Waals surface area contributed by atoms with E-state index >= 15 is 0 Å². The predicted octanol–water partition coefficient (Wildman–Crippen LogP) is 3.66. The summed E-state index contributed by atoms with van der Waals surface area (Å²) in [4.78, 5) is 0. The topological polar surface area (TPSA) is 46.2 Å². The van der Waals surface area contributed by atoms with Gasteiger partial charge in [0.25, 0.3) is 0 Å². The average molecular weight is 344 g/mol. The second-order valence-corrected chi connectivity index (χ2v) is 7.26. The van der Waals surface area contributed by atoms with Crippen LogP contribution in [0.4, 0.5) is 0 Å². The fraction of sp³-hybridized carbons (Fsp3) is 0.200. The number of rotatable bonds is 6. The van der Waals surface area contributed by atoms with Gasteiger partial charge in [-0.3, -0.25) is 0 Å². The molecule has 1 N–H and O–H groups in total. The van der Waals surface area contributed by atoms with E-state index in [1.807, 2.05) is 30.3 Å². The summed E-state index contributed by atoms with van der Waals surface area (Å²) < 4.78 is 26.6. The number of benzene rings is 2. The lowest BCUT2D eigenvalue weighted by Crippen LogP contribution is -2.27. The molecule has 21 heavy (non-hydrogen) atoms. The lowest BCUT2D eigenvalue weighted by atomic mass is 10.2. The summed E-state index contributed by atoms with van der Waals surface area (Å²) in [7, 11) is -3.39. The van der Waals surface area contributed by atoms with Crippen molar-refractivity contribution in [2.75, 3.05) is 6.54 Å². The molecule has 0 saturated heterocycles. The van der Waals surface area contributed by atoms with Crippen molar-refractivity contribution in [3.05, 3.63) is 69.7 Å². The van der Waals surface area contributed by atoms with E-state index in [-0.39, 0.29) is 5.75 Å².